The van der Waals surface area contributed by atoms with Gasteiger partial charge in [0.05, 0.1) is 0 Å². The fourth-order valence-corrected chi connectivity index (χ4v) is 12.1. The van der Waals surface area contributed by atoms with Crippen LogP contribution in [0.5, 0.6) is 0 Å². The molecule has 57 heavy (non-hydrogen) atoms. The first kappa shape index (κ1) is 31.8. The average molecular weight is 734 g/mol. The molecular weight excluding hydrogens is 695 g/mol. The summed E-state index contributed by atoms with van der Waals surface area (Å²) in [6.45, 7) is 0. The van der Waals surface area contributed by atoms with Gasteiger partial charge in [0.25, 0.3) is 0 Å². The first-order chi connectivity index (χ1) is 28.2. The minimum atomic E-state index is 0.168. The number of hydrogen-bond acceptors (Lipinski definition) is 4. The molecule has 4 heteroatoms. The summed E-state index contributed by atoms with van der Waals surface area (Å²) in [5, 5.41) is 4.55. The van der Waals surface area contributed by atoms with E-state index in [1.165, 1.54) is 59.7 Å². The van der Waals surface area contributed by atoms with Gasteiger partial charge < -0.3 is 4.42 Å². The van der Waals surface area contributed by atoms with Gasteiger partial charge in [-0.15, -0.1) is 0 Å². The van der Waals surface area contributed by atoms with Gasteiger partial charge in [0.2, 0.25) is 0 Å². The summed E-state index contributed by atoms with van der Waals surface area (Å²) in [6, 6.07) is 54.9. The van der Waals surface area contributed by atoms with E-state index in [1.807, 2.05) is 42.5 Å². The van der Waals surface area contributed by atoms with Crippen LogP contribution in [0, 0.1) is 23.7 Å². The average Bonchev–Trinajstić information content (AvgIpc) is 3.78. The second-order valence-electron chi connectivity index (χ2n) is 17.2. The lowest BCUT2D eigenvalue weighted by molar-refractivity contribution is -0.0399. The van der Waals surface area contributed by atoms with E-state index in [1.54, 1.807) is 11.1 Å². The van der Waals surface area contributed by atoms with Crippen LogP contribution in [0.25, 0.3) is 89.1 Å². The molecule has 4 nitrogen and oxygen atoms in total. The molecule has 2 heterocycles. The van der Waals surface area contributed by atoms with E-state index in [9.17, 15) is 0 Å². The van der Waals surface area contributed by atoms with Crippen LogP contribution in [-0.2, 0) is 5.41 Å². The molecule has 0 aliphatic heterocycles. The Hall–Kier alpha value is -6.39. The zero-order chi connectivity index (χ0) is 37.2. The maximum atomic E-state index is 6.25. The zero-order valence-electron chi connectivity index (χ0n) is 31.5. The summed E-state index contributed by atoms with van der Waals surface area (Å²) in [7, 11) is 0. The monoisotopic (exact) mass is 733 g/mol. The number of rotatable bonds is 4. The lowest BCUT2D eigenvalue weighted by Gasteiger charge is -2.61. The maximum absolute atomic E-state index is 6.25. The van der Waals surface area contributed by atoms with Crippen LogP contribution < -0.4 is 0 Å². The highest BCUT2D eigenvalue weighted by Gasteiger charge is 2.61. The minimum Gasteiger partial charge on any atom is -0.456 e. The zero-order valence-corrected chi connectivity index (χ0v) is 31.5. The molecular formula is C53H39N3O. The van der Waals surface area contributed by atoms with Crippen LogP contribution in [0.1, 0.15) is 43.2 Å². The van der Waals surface area contributed by atoms with Crippen molar-refractivity contribution in [3.05, 3.63) is 163 Å². The molecule has 7 aromatic carbocycles. The molecule has 5 aliphatic rings. The Bertz CT molecular complexity index is 3080. The molecule has 0 unspecified atom stereocenters. The van der Waals surface area contributed by atoms with E-state index < -0.39 is 0 Å². The third-order valence-electron chi connectivity index (χ3n) is 14.3. The molecule has 0 amide bonds. The first-order valence-electron chi connectivity index (χ1n) is 20.7. The topological polar surface area (TPSA) is 51.8 Å². The Morgan fingerprint density at radius 1 is 0.404 bits per heavy atom. The van der Waals surface area contributed by atoms with Gasteiger partial charge in [-0.2, -0.15) is 0 Å². The third-order valence-corrected chi connectivity index (χ3v) is 14.3. The number of aromatic nitrogens is 3. The molecule has 14 rings (SSSR count). The van der Waals surface area contributed by atoms with Crippen molar-refractivity contribution in [1.29, 1.82) is 0 Å². The Morgan fingerprint density at radius 2 is 0.965 bits per heavy atom. The van der Waals surface area contributed by atoms with Crippen molar-refractivity contribution in [2.24, 2.45) is 23.7 Å². The molecule has 4 bridgehead atoms. The van der Waals surface area contributed by atoms with Crippen LogP contribution in [-0.4, -0.2) is 15.0 Å². The largest absolute Gasteiger partial charge is 0.456 e. The smallest absolute Gasteiger partial charge is 0.164 e. The lowest BCUT2D eigenvalue weighted by atomic mass is 9.43. The molecule has 0 N–H and O–H groups in total. The first-order valence-corrected chi connectivity index (χ1v) is 20.7. The van der Waals surface area contributed by atoms with E-state index in [4.69, 9.17) is 19.4 Å². The van der Waals surface area contributed by atoms with E-state index in [-0.39, 0.29) is 5.41 Å². The molecule has 0 radical (unpaired) electrons. The Balaban J connectivity index is 0.894. The van der Waals surface area contributed by atoms with Crippen LogP contribution >= 0.6 is 0 Å². The second kappa shape index (κ2) is 11.8. The summed E-state index contributed by atoms with van der Waals surface area (Å²) < 4.78 is 6.25. The number of benzene rings is 7. The van der Waals surface area contributed by atoms with Gasteiger partial charge in [-0.1, -0.05) is 115 Å². The number of fused-ring (bicyclic) bond motifs is 7. The Labute approximate surface area is 331 Å². The van der Waals surface area contributed by atoms with E-state index in [2.05, 4.69) is 109 Å². The molecule has 9 aromatic rings. The predicted octanol–water partition coefficient (Wildman–Crippen LogP) is 13.3. The molecule has 0 saturated heterocycles. The van der Waals surface area contributed by atoms with Gasteiger partial charge in [-0.25, -0.2) is 15.0 Å². The highest BCUT2D eigenvalue weighted by atomic mass is 16.3. The van der Waals surface area contributed by atoms with Crippen molar-refractivity contribution in [2.45, 2.75) is 37.5 Å². The van der Waals surface area contributed by atoms with E-state index in [0.717, 1.165) is 67.7 Å². The summed E-state index contributed by atoms with van der Waals surface area (Å²) in [6.07, 6.45) is 7.06. The van der Waals surface area contributed by atoms with E-state index in [0.29, 0.717) is 17.5 Å². The highest BCUT2D eigenvalue weighted by molar-refractivity contribution is 6.05. The van der Waals surface area contributed by atoms with Crippen molar-refractivity contribution in [1.82, 2.24) is 15.0 Å². The third kappa shape index (κ3) is 4.64. The molecule has 0 atom stereocenters. The standard InChI is InChI=1S/C53H39N3O/c1-2-8-33(9-3-1)50-54-51(56-52(55-50)39-19-21-45-44-11-5-7-13-48(44)57-49(45)30-39)38-17-16-34-27-35(14-15-36(34)28-38)37-18-20-43-42-10-4-6-12-46(42)53(47(43)29-37)40-23-31-22-32(25-40)26-41(53)24-31/h1-21,27-32,40-41H,22-26H2. The van der Waals surface area contributed by atoms with Gasteiger partial charge in [0.15, 0.2) is 17.5 Å². The van der Waals surface area contributed by atoms with Crippen molar-refractivity contribution < 1.29 is 4.42 Å². The minimum absolute atomic E-state index is 0.168. The van der Waals surface area contributed by atoms with Crippen LogP contribution in [0.4, 0.5) is 0 Å². The Kier molecular flexibility index (Phi) is 6.59. The van der Waals surface area contributed by atoms with Gasteiger partial charge in [-0.3, -0.25) is 0 Å². The quantitative estimate of drug-likeness (QED) is 0.181. The van der Waals surface area contributed by atoms with Crippen LogP contribution in [0.3, 0.4) is 0 Å². The van der Waals surface area contributed by atoms with Crippen molar-refractivity contribution in [3.8, 4) is 56.4 Å². The fourth-order valence-electron chi connectivity index (χ4n) is 12.1. The second-order valence-corrected chi connectivity index (χ2v) is 17.2. The SMILES string of the molecule is c1ccc(-c2nc(-c3ccc4cc(-c5ccc6c(c5)C5(c7ccccc7-6)C6CC7CC(C6)CC5C7)ccc4c3)nc(-c3ccc4c(c3)oc3ccccc34)n2)cc1. The lowest BCUT2D eigenvalue weighted by Crippen LogP contribution is -2.55. The molecule has 2 aromatic heterocycles. The van der Waals surface area contributed by atoms with Crippen LogP contribution in [0.2, 0.25) is 0 Å². The van der Waals surface area contributed by atoms with E-state index >= 15 is 0 Å². The summed E-state index contributed by atoms with van der Waals surface area (Å²) in [5.74, 6) is 5.29. The number of para-hydroxylation sites is 1. The predicted molar refractivity (Wildman–Crippen MR) is 230 cm³/mol. The molecule has 4 fully saturated rings. The van der Waals surface area contributed by atoms with Gasteiger partial charge >= 0.3 is 0 Å². The normalized spacial score (nSPS) is 22.8. The van der Waals surface area contributed by atoms with Crippen molar-refractivity contribution in [2.75, 3.05) is 0 Å². The van der Waals surface area contributed by atoms with Gasteiger partial charge in [0, 0.05) is 32.9 Å². The number of hydrogen-bond donors (Lipinski definition) is 0. The van der Waals surface area contributed by atoms with Gasteiger partial charge in [-0.05, 0) is 136 Å². The number of nitrogens with zero attached hydrogens (tertiary/aromatic N) is 3. The summed E-state index contributed by atoms with van der Waals surface area (Å²) in [5.41, 5.74) is 13.4. The summed E-state index contributed by atoms with van der Waals surface area (Å²) >= 11 is 0. The fraction of sp³-hybridized carbons (Fsp3) is 0.189. The number of furan rings is 1. The maximum Gasteiger partial charge on any atom is 0.164 e. The van der Waals surface area contributed by atoms with Crippen LogP contribution in [0.15, 0.2) is 156 Å². The summed E-state index contributed by atoms with van der Waals surface area (Å²) in [4.78, 5) is 15.1. The molecule has 272 valence electrons. The molecule has 4 saturated carbocycles. The molecule has 5 aliphatic carbocycles. The highest BCUT2D eigenvalue weighted by Crippen LogP contribution is 2.69. The van der Waals surface area contributed by atoms with Gasteiger partial charge in [0.1, 0.15) is 11.2 Å². The van der Waals surface area contributed by atoms with Crippen molar-refractivity contribution >= 4 is 32.7 Å². The Morgan fingerprint density at radius 3 is 1.75 bits per heavy atom. The van der Waals surface area contributed by atoms with Crippen molar-refractivity contribution in [3.63, 3.8) is 0 Å². The molecule has 1 spiro atoms.